The smallest absolute Gasteiger partial charge is 0.242 e. The molecule has 1 amide bonds. The fraction of sp³-hybridized carbons (Fsp3) is 0.500. The van der Waals surface area contributed by atoms with Crippen molar-refractivity contribution in [1.29, 1.82) is 0 Å². The van der Waals surface area contributed by atoms with E-state index >= 15 is 0 Å². The molecule has 10 heteroatoms. The van der Waals surface area contributed by atoms with Crippen molar-refractivity contribution in [3.8, 4) is 0 Å². The average Bonchev–Trinajstić information content (AvgIpc) is 2.65. The first-order chi connectivity index (χ1) is 12.3. The summed E-state index contributed by atoms with van der Waals surface area (Å²) < 4.78 is 25.3. The van der Waals surface area contributed by atoms with Crippen LogP contribution in [0, 0.1) is 5.92 Å². The van der Waals surface area contributed by atoms with E-state index in [4.69, 9.17) is 23.8 Å². The minimum atomic E-state index is -3.28. The zero-order valence-corrected chi connectivity index (χ0v) is 16.9. The van der Waals surface area contributed by atoms with Gasteiger partial charge in [-0.1, -0.05) is 23.7 Å². The molecule has 1 aromatic carbocycles. The first-order valence-corrected chi connectivity index (χ1v) is 10.8. The van der Waals surface area contributed by atoms with Crippen LogP contribution in [0.2, 0.25) is 5.02 Å². The molecule has 7 nitrogen and oxygen atoms in total. The molecule has 0 aromatic heterocycles. The van der Waals surface area contributed by atoms with Crippen LogP contribution in [-0.4, -0.2) is 42.6 Å². The Balaban J connectivity index is 1.76. The molecule has 1 aliphatic rings. The Bertz CT molecular complexity index is 740. The van der Waals surface area contributed by atoms with Gasteiger partial charge in [-0.2, -0.15) is 0 Å². The summed E-state index contributed by atoms with van der Waals surface area (Å²) in [6.07, 6.45) is 1.31. The summed E-state index contributed by atoms with van der Waals surface area (Å²) in [6, 6.07) is 7.33. The van der Waals surface area contributed by atoms with Crippen molar-refractivity contribution >= 4 is 44.9 Å². The molecule has 1 aromatic rings. The molecule has 1 heterocycles. The summed E-state index contributed by atoms with van der Waals surface area (Å²) in [4.78, 5) is 12.3. The van der Waals surface area contributed by atoms with Crippen LogP contribution in [0.4, 0.5) is 0 Å². The fourth-order valence-electron chi connectivity index (χ4n) is 2.64. The van der Waals surface area contributed by atoms with Crippen molar-refractivity contribution < 1.29 is 13.2 Å². The highest BCUT2D eigenvalue weighted by molar-refractivity contribution is 7.89. The topological polar surface area (TPSA) is 90.5 Å². The lowest BCUT2D eigenvalue weighted by atomic mass is 9.99. The van der Waals surface area contributed by atoms with E-state index in [0.717, 1.165) is 5.56 Å². The van der Waals surface area contributed by atoms with Gasteiger partial charge in [0.25, 0.3) is 0 Å². The highest BCUT2D eigenvalue weighted by atomic mass is 35.5. The lowest BCUT2D eigenvalue weighted by Crippen LogP contribution is -2.52. The van der Waals surface area contributed by atoms with Gasteiger partial charge in [0.1, 0.15) is 0 Å². The van der Waals surface area contributed by atoms with Gasteiger partial charge in [0, 0.05) is 24.7 Å². The highest BCUT2D eigenvalue weighted by Crippen LogP contribution is 2.19. The first kappa shape index (κ1) is 20.9. The van der Waals surface area contributed by atoms with Gasteiger partial charge < -0.3 is 5.32 Å². The van der Waals surface area contributed by atoms with Gasteiger partial charge >= 0.3 is 0 Å². The quantitative estimate of drug-likeness (QED) is 0.494. The molecule has 0 bridgehead atoms. The zero-order valence-electron chi connectivity index (χ0n) is 14.5. The van der Waals surface area contributed by atoms with Gasteiger partial charge in [0.05, 0.1) is 11.7 Å². The Hall–Kier alpha value is -1.42. The molecule has 1 aliphatic heterocycles. The van der Waals surface area contributed by atoms with Crippen molar-refractivity contribution in [1.82, 2.24) is 20.5 Å². The third-order valence-corrected chi connectivity index (χ3v) is 6.53. The number of amides is 1. The Morgan fingerprint density at radius 3 is 2.65 bits per heavy atom. The maximum absolute atomic E-state index is 12.3. The molecule has 2 rings (SSSR count). The van der Waals surface area contributed by atoms with Crippen LogP contribution < -0.4 is 16.2 Å². The number of piperidine rings is 1. The highest BCUT2D eigenvalue weighted by Gasteiger charge is 2.31. The normalized spacial score (nSPS) is 18.2. The van der Waals surface area contributed by atoms with E-state index in [9.17, 15) is 13.2 Å². The van der Waals surface area contributed by atoms with Crippen LogP contribution >= 0.6 is 23.8 Å². The number of rotatable bonds is 5. The maximum atomic E-state index is 12.3. The van der Waals surface area contributed by atoms with Gasteiger partial charge in [-0.3, -0.25) is 15.6 Å². The van der Waals surface area contributed by atoms with E-state index in [2.05, 4.69) is 16.2 Å². The number of benzene rings is 1. The molecule has 1 fully saturated rings. The van der Waals surface area contributed by atoms with E-state index < -0.39 is 15.9 Å². The number of carbonyl (C=O) groups excluding carboxylic acids is 1. The summed E-state index contributed by atoms with van der Waals surface area (Å²) in [6.45, 7) is 2.76. The lowest BCUT2D eigenvalue weighted by molar-refractivity contribution is -0.126. The summed E-state index contributed by atoms with van der Waals surface area (Å²) >= 11 is 11.0. The predicted octanol–water partition coefficient (Wildman–Crippen LogP) is 1.40. The third-order valence-electron chi connectivity index (χ3n) is 4.18. The van der Waals surface area contributed by atoms with Crippen molar-refractivity contribution in [2.45, 2.75) is 26.3 Å². The van der Waals surface area contributed by atoms with Crippen LogP contribution in [0.25, 0.3) is 0 Å². The van der Waals surface area contributed by atoms with Crippen LogP contribution in [-0.2, 0) is 21.4 Å². The first-order valence-electron chi connectivity index (χ1n) is 8.38. The Morgan fingerprint density at radius 2 is 2.00 bits per heavy atom. The molecule has 144 valence electrons. The molecule has 0 radical (unpaired) electrons. The summed E-state index contributed by atoms with van der Waals surface area (Å²) in [5.74, 6) is -0.619. The summed E-state index contributed by atoms with van der Waals surface area (Å²) in [7, 11) is -3.28. The van der Waals surface area contributed by atoms with Crippen molar-refractivity contribution in [3.05, 3.63) is 34.9 Å². The molecule has 1 saturated heterocycles. The second-order valence-electron chi connectivity index (χ2n) is 6.02. The summed E-state index contributed by atoms with van der Waals surface area (Å²) in [5.41, 5.74) is 6.21. The minimum absolute atomic E-state index is 0.0400. The standard InChI is InChI=1S/C16H23ClN4O3S2/c1-2-26(23,24)21-9-3-4-13(11-21)15(22)19-20-16(25)18-10-12-5-7-14(17)8-6-12/h5-8,13H,2-4,9-11H2,1H3,(H,19,22)(H2,18,20,25). The molecule has 1 atom stereocenters. The van der Waals surface area contributed by atoms with Crippen LogP contribution in [0.15, 0.2) is 24.3 Å². The average molecular weight is 419 g/mol. The molecular weight excluding hydrogens is 396 g/mol. The SMILES string of the molecule is CCS(=O)(=O)N1CCCC(C(=O)NNC(=S)NCc2ccc(Cl)cc2)C1. The number of carbonyl (C=O) groups is 1. The number of hydrogen-bond donors (Lipinski definition) is 3. The molecule has 1 unspecified atom stereocenters. The van der Waals surface area contributed by atoms with Gasteiger partial charge in [-0.25, -0.2) is 12.7 Å². The molecule has 3 N–H and O–H groups in total. The van der Waals surface area contributed by atoms with E-state index in [1.807, 2.05) is 12.1 Å². The monoisotopic (exact) mass is 418 g/mol. The van der Waals surface area contributed by atoms with Crippen LogP contribution in [0.1, 0.15) is 25.3 Å². The van der Waals surface area contributed by atoms with Gasteiger partial charge in [0.15, 0.2) is 5.11 Å². The lowest BCUT2D eigenvalue weighted by Gasteiger charge is -2.30. The molecule has 0 aliphatic carbocycles. The molecule has 0 spiro atoms. The number of halogens is 1. The number of hydrogen-bond acceptors (Lipinski definition) is 4. The van der Waals surface area contributed by atoms with Gasteiger partial charge in [0.2, 0.25) is 15.9 Å². The Kier molecular flexibility index (Phi) is 7.63. The predicted molar refractivity (Wildman–Crippen MR) is 106 cm³/mol. The zero-order chi connectivity index (χ0) is 19.2. The minimum Gasteiger partial charge on any atom is -0.357 e. The third kappa shape index (κ3) is 6.08. The Morgan fingerprint density at radius 1 is 1.31 bits per heavy atom. The van der Waals surface area contributed by atoms with Crippen molar-refractivity contribution in [3.63, 3.8) is 0 Å². The second kappa shape index (κ2) is 9.50. The van der Waals surface area contributed by atoms with Crippen LogP contribution in [0.3, 0.4) is 0 Å². The van der Waals surface area contributed by atoms with Crippen molar-refractivity contribution in [2.24, 2.45) is 5.92 Å². The van der Waals surface area contributed by atoms with E-state index in [-0.39, 0.29) is 23.3 Å². The second-order valence-corrected chi connectivity index (χ2v) is 9.12. The van der Waals surface area contributed by atoms with E-state index in [1.165, 1.54) is 4.31 Å². The van der Waals surface area contributed by atoms with E-state index in [0.29, 0.717) is 31.0 Å². The van der Waals surface area contributed by atoms with Crippen molar-refractivity contribution in [2.75, 3.05) is 18.8 Å². The number of sulfonamides is 1. The Labute approximate surface area is 164 Å². The fourth-order valence-corrected chi connectivity index (χ4v) is 4.07. The number of hydrazine groups is 1. The van der Waals surface area contributed by atoms with Gasteiger partial charge in [-0.05, 0) is 49.7 Å². The number of thiocarbonyl (C=S) groups is 1. The molecule has 26 heavy (non-hydrogen) atoms. The number of nitrogens with zero attached hydrogens (tertiary/aromatic N) is 1. The van der Waals surface area contributed by atoms with Crippen LogP contribution in [0.5, 0.6) is 0 Å². The molecular formula is C16H23ClN4O3S2. The molecule has 0 saturated carbocycles. The number of nitrogens with one attached hydrogen (secondary N) is 3. The maximum Gasteiger partial charge on any atom is 0.242 e. The van der Waals surface area contributed by atoms with Gasteiger partial charge in [-0.15, -0.1) is 0 Å². The summed E-state index contributed by atoms with van der Waals surface area (Å²) in [5, 5.41) is 3.92. The largest absolute Gasteiger partial charge is 0.357 e. The van der Waals surface area contributed by atoms with E-state index in [1.54, 1.807) is 19.1 Å².